The third-order valence-corrected chi connectivity index (χ3v) is 2.50. The number of nitrogens with zero attached hydrogens (tertiary/aromatic N) is 4. The van der Waals surface area contributed by atoms with Crippen LogP contribution in [-0.4, -0.2) is 56.1 Å². The maximum atomic E-state index is 11.2. The Morgan fingerprint density at radius 1 is 1.50 bits per heavy atom. The molecule has 1 heterocycles. The molecule has 0 unspecified atom stereocenters. The molecule has 1 rings (SSSR count). The molecule has 18 heavy (non-hydrogen) atoms. The SMILES string of the molecule is COC(=O)NC(=O)CSc1nnnn1CC(=O)O. The zero-order valence-corrected chi connectivity index (χ0v) is 10.0. The molecule has 0 radical (unpaired) electrons. The highest BCUT2D eigenvalue weighted by Gasteiger charge is 2.13. The van der Waals surface area contributed by atoms with Gasteiger partial charge < -0.3 is 9.84 Å². The second kappa shape index (κ2) is 6.54. The fourth-order valence-corrected chi connectivity index (χ4v) is 1.53. The van der Waals surface area contributed by atoms with Gasteiger partial charge in [0.25, 0.3) is 0 Å². The largest absolute Gasteiger partial charge is 0.480 e. The molecule has 0 saturated heterocycles. The van der Waals surface area contributed by atoms with Gasteiger partial charge >= 0.3 is 12.1 Å². The number of methoxy groups -OCH3 is 1. The number of hydrogen-bond acceptors (Lipinski definition) is 8. The Balaban J connectivity index is 2.48. The number of thioether (sulfide) groups is 1. The van der Waals surface area contributed by atoms with Crippen LogP contribution in [0.4, 0.5) is 4.79 Å². The number of carbonyl (C=O) groups excluding carboxylic acids is 2. The monoisotopic (exact) mass is 275 g/mol. The van der Waals surface area contributed by atoms with Gasteiger partial charge in [-0.05, 0) is 10.4 Å². The summed E-state index contributed by atoms with van der Waals surface area (Å²) in [5.74, 6) is -1.85. The van der Waals surface area contributed by atoms with Crippen LogP contribution in [0.5, 0.6) is 0 Å². The Hall–Kier alpha value is -2.17. The number of ether oxygens (including phenoxy) is 1. The lowest BCUT2D eigenvalue weighted by molar-refractivity contribution is -0.138. The van der Waals surface area contributed by atoms with Crippen LogP contribution in [0.1, 0.15) is 0 Å². The van der Waals surface area contributed by atoms with Crippen molar-refractivity contribution in [3.63, 3.8) is 0 Å². The average molecular weight is 275 g/mol. The molecule has 98 valence electrons. The summed E-state index contributed by atoms with van der Waals surface area (Å²) in [5, 5.41) is 20.9. The Bertz CT molecular complexity index is 461. The number of carboxylic acids is 1. The first-order chi connectivity index (χ1) is 8.52. The summed E-state index contributed by atoms with van der Waals surface area (Å²) >= 11 is 0.900. The smallest absolute Gasteiger partial charge is 0.413 e. The summed E-state index contributed by atoms with van der Waals surface area (Å²) < 4.78 is 5.26. The van der Waals surface area contributed by atoms with Gasteiger partial charge in [0.1, 0.15) is 6.54 Å². The molecule has 1 aromatic rings. The average Bonchev–Trinajstić information content (AvgIpc) is 2.72. The molecule has 0 aliphatic carbocycles. The maximum absolute atomic E-state index is 11.2. The van der Waals surface area contributed by atoms with E-state index >= 15 is 0 Å². The van der Waals surface area contributed by atoms with Gasteiger partial charge in [-0.3, -0.25) is 14.9 Å². The van der Waals surface area contributed by atoms with Gasteiger partial charge in [0.05, 0.1) is 12.9 Å². The number of amides is 2. The summed E-state index contributed by atoms with van der Waals surface area (Å²) in [6.45, 7) is -0.409. The van der Waals surface area contributed by atoms with Crippen LogP contribution in [0.15, 0.2) is 5.16 Å². The number of rotatable bonds is 5. The van der Waals surface area contributed by atoms with Crippen molar-refractivity contribution in [2.24, 2.45) is 0 Å². The zero-order chi connectivity index (χ0) is 13.5. The number of nitrogens with one attached hydrogen (secondary N) is 1. The Kier molecular flexibility index (Phi) is 5.05. The fraction of sp³-hybridized carbons (Fsp3) is 0.429. The standard InChI is InChI=1S/C7H9N5O5S/c1-17-7(16)8-4(13)3-18-6-9-10-11-12(6)2-5(14)15/h2-3H2,1H3,(H,14,15)(H,8,13,16). The first kappa shape index (κ1) is 13.9. The first-order valence-electron chi connectivity index (χ1n) is 4.51. The Morgan fingerprint density at radius 3 is 2.83 bits per heavy atom. The summed E-state index contributed by atoms with van der Waals surface area (Å²) in [6, 6.07) is 0. The summed E-state index contributed by atoms with van der Waals surface area (Å²) in [7, 11) is 1.13. The topological polar surface area (TPSA) is 136 Å². The number of hydrogen-bond donors (Lipinski definition) is 2. The summed E-state index contributed by atoms with van der Waals surface area (Å²) in [4.78, 5) is 32.4. The van der Waals surface area contributed by atoms with Crippen LogP contribution in [0.2, 0.25) is 0 Å². The second-order valence-electron chi connectivity index (χ2n) is 2.84. The van der Waals surface area contributed by atoms with Crippen molar-refractivity contribution in [2.75, 3.05) is 12.9 Å². The van der Waals surface area contributed by atoms with E-state index in [1.54, 1.807) is 0 Å². The highest BCUT2D eigenvalue weighted by atomic mass is 32.2. The molecule has 0 bridgehead atoms. The minimum Gasteiger partial charge on any atom is -0.480 e. The molecule has 2 N–H and O–H groups in total. The van der Waals surface area contributed by atoms with Crippen LogP contribution < -0.4 is 5.32 Å². The van der Waals surface area contributed by atoms with Gasteiger partial charge in [-0.25, -0.2) is 9.48 Å². The van der Waals surface area contributed by atoms with Crippen LogP contribution in [0, 0.1) is 0 Å². The predicted octanol–water partition coefficient (Wildman–Crippen LogP) is -1.27. The maximum Gasteiger partial charge on any atom is 0.413 e. The highest BCUT2D eigenvalue weighted by molar-refractivity contribution is 7.99. The van der Waals surface area contributed by atoms with Gasteiger partial charge in [-0.15, -0.1) is 5.10 Å². The molecule has 0 aliphatic heterocycles. The number of tetrazole rings is 1. The van der Waals surface area contributed by atoms with Crippen LogP contribution in [-0.2, 0) is 20.9 Å². The van der Waals surface area contributed by atoms with E-state index in [1.807, 2.05) is 5.32 Å². The summed E-state index contributed by atoms with van der Waals surface area (Å²) in [5.41, 5.74) is 0. The molecule has 0 atom stereocenters. The van der Waals surface area contributed by atoms with E-state index in [0.29, 0.717) is 0 Å². The Labute approximate surface area is 105 Å². The lowest BCUT2D eigenvalue weighted by atomic mass is 10.7. The molecule has 10 nitrogen and oxygen atoms in total. The third-order valence-electron chi connectivity index (χ3n) is 1.54. The van der Waals surface area contributed by atoms with Crippen LogP contribution in [0.3, 0.4) is 0 Å². The summed E-state index contributed by atoms with van der Waals surface area (Å²) in [6.07, 6.45) is -0.870. The number of aromatic nitrogens is 4. The van der Waals surface area contributed by atoms with Crippen LogP contribution in [0.25, 0.3) is 0 Å². The molecule has 0 saturated carbocycles. The van der Waals surface area contributed by atoms with Gasteiger partial charge in [0, 0.05) is 0 Å². The van der Waals surface area contributed by atoms with Crippen molar-refractivity contribution in [1.82, 2.24) is 25.5 Å². The number of aliphatic carboxylic acids is 1. The molecule has 11 heteroatoms. The zero-order valence-electron chi connectivity index (χ0n) is 9.19. The van der Waals surface area contributed by atoms with Gasteiger partial charge in [0.2, 0.25) is 11.1 Å². The van der Waals surface area contributed by atoms with Crippen LogP contribution >= 0.6 is 11.8 Å². The van der Waals surface area contributed by atoms with Crippen molar-refractivity contribution >= 4 is 29.7 Å². The second-order valence-corrected chi connectivity index (χ2v) is 3.78. The molecular formula is C7H9N5O5S. The minimum absolute atomic E-state index is 0.144. The molecule has 0 spiro atoms. The van der Waals surface area contributed by atoms with E-state index < -0.39 is 24.5 Å². The number of imide groups is 1. The molecular weight excluding hydrogens is 266 g/mol. The quantitative estimate of drug-likeness (QED) is 0.630. The van der Waals surface area contributed by atoms with Gasteiger partial charge in [-0.2, -0.15) is 0 Å². The third kappa shape index (κ3) is 4.37. The van der Waals surface area contributed by atoms with E-state index in [1.165, 1.54) is 0 Å². The lowest BCUT2D eigenvalue weighted by Crippen LogP contribution is -2.31. The Morgan fingerprint density at radius 2 is 2.22 bits per heavy atom. The van der Waals surface area contributed by atoms with E-state index in [-0.39, 0.29) is 10.9 Å². The predicted molar refractivity (Wildman–Crippen MR) is 56.7 cm³/mol. The molecule has 0 aromatic carbocycles. The number of carboxylic acid groups (broad SMARTS) is 1. The van der Waals surface area contributed by atoms with Crippen molar-refractivity contribution in [1.29, 1.82) is 0 Å². The van der Waals surface area contributed by atoms with Crippen molar-refractivity contribution in [3.8, 4) is 0 Å². The van der Waals surface area contributed by atoms with Gasteiger partial charge in [-0.1, -0.05) is 11.8 Å². The molecule has 2 amide bonds. The van der Waals surface area contributed by atoms with Crippen molar-refractivity contribution < 1.29 is 24.2 Å². The van der Waals surface area contributed by atoms with E-state index in [9.17, 15) is 14.4 Å². The van der Waals surface area contributed by atoms with E-state index in [0.717, 1.165) is 23.6 Å². The number of alkyl carbamates (subject to hydrolysis) is 1. The lowest BCUT2D eigenvalue weighted by Gasteiger charge is -2.02. The van der Waals surface area contributed by atoms with E-state index in [4.69, 9.17) is 5.11 Å². The normalized spacial score (nSPS) is 9.83. The number of carbonyl (C=O) groups is 3. The fourth-order valence-electron chi connectivity index (χ4n) is 0.858. The minimum atomic E-state index is -1.11. The highest BCUT2D eigenvalue weighted by Crippen LogP contribution is 2.12. The van der Waals surface area contributed by atoms with Gasteiger partial charge in [0.15, 0.2) is 0 Å². The molecule has 1 aromatic heterocycles. The van der Waals surface area contributed by atoms with Crippen molar-refractivity contribution in [3.05, 3.63) is 0 Å². The van der Waals surface area contributed by atoms with Crippen molar-refractivity contribution in [2.45, 2.75) is 11.7 Å². The molecule has 0 aliphatic rings. The molecule has 0 fully saturated rings. The van der Waals surface area contributed by atoms with E-state index in [2.05, 4.69) is 20.3 Å². The first-order valence-corrected chi connectivity index (χ1v) is 5.50.